The SMILES string of the molecule is CN1CCCN(C(=O)NCCc2ccc(S(N)(=O)=O)cc2)CC1. The summed E-state index contributed by atoms with van der Waals surface area (Å²) in [5.74, 6) is 0. The maximum Gasteiger partial charge on any atom is 0.317 e. The monoisotopic (exact) mass is 340 g/mol. The van der Waals surface area contributed by atoms with E-state index in [1.807, 2.05) is 4.90 Å². The van der Waals surface area contributed by atoms with E-state index >= 15 is 0 Å². The van der Waals surface area contributed by atoms with Crippen molar-refractivity contribution in [2.75, 3.05) is 39.8 Å². The summed E-state index contributed by atoms with van der Waals surface area (Å²) in [7, 11) is -1.59. The van der Waals surface area contributed by atoms with Gasteiger partial charge in [0.2, 0.25) is 10.0 Å². The van der Waals surface area contributed by atoms with Crippen molar-refractivity contribution in [3.8, 4) is 0 Å². The standard InChI is InChI=1S/C15H24N4O3S/c1-18-9-2-10-19(12-11-18)15(20)17-8-7-13-3-5-14(6-4-13)23(16,21)22/h3-6H,2,7-12H2,1H3,(H,17,20)(H2,16,21,22). The third-order valence-corrected chi connectivity index (χ3v) is 4.88. The Morgan fingerprint density at radius 3 is 2.52 bits per heavy atom. The van der Waals surface area contributed by atoms with Crippen molar-refractivity contribution >= 4 is 16.1 Å². The summed E-state index contributed by atoms with van der Waals surface area (Å²) in [6.07, 6.45) is 1.63. The van der Waals surface area contributed by atoms with E-state index in [9.17, 15) is 13.2 Å². The number of amides is 2. The first-order chi connectivity index (χ1) is 10.9. The first kappa shape index (κ1) is 17.7. The van der Waals surface area contributed by atoms with Crippen LogP contribution in [0.5, 0.6) is 0 Å². The molecule has 1 saturated heterocycles. The van der Waals surface area contributed by atoms with E-state index in [1.165, 1.54) is 12.1 Å². The summed E-state index contributed by atoms with van der Waals surface area (Å²) >= 11 is 0. The molecule has 8 heteroatoms. The lowest BCUT2D eigenvalue weighted by atomic mass is 10.1. The van der Waals surface area contributed by atoms with E-state index in [4.69, 9.17) is 5.14 Å². The van der Waals surface area contributed by atoms with Crippen LogP contribution in [0.15, 0.2) is 29.2 Å². The molecule has 0 aromatic heterocycles. The lowest BCUT2D eigenvalue weighted by molar-refractivity contribution is 0.199. The highest BCUT2D eigenvalue weighted by atomic mass is 32.2. The summed E-state index contributed by atoms with van der Waals surface area (Å²) in [5, 5.41) is 7.97. The third-order valence-electron chi connectivity index (χ3n) is 3.95. The molecule has 128 valence electrons. The van der Waals surface area contributed by atoms with Gasteiger partial charge in [-0.2, -0.15) is 0 Å². The van der Waals surface area contributed by atoms with Gasteiger partial charge in [-0.25, -0.2) is 18.4 Å². The quantitative estimate of drug-likeness (QED) is 0.820. The largest absolute Gasteiger partial charge is 0.338 e. The van der Waals surface area contributed by atoms with Crippen molar-refractivity contribution in [3.63, 3.8) is 0 Å². The lowest BCUT2D eigenvalue weighted by Gasteiger charge is -2.21. The molecule has 7 nitrogen and oxygen atoms in total. The van der Waals surface area contributed by atoms with Gasteiger partial charge in [-0.1, -0.05) is 12.1 Å². The van der Waals surface area contributed by atoms with Crippen LogP contribution in [0.3, 0.4) is 0 Å². The average Bonchev–Trinajstić information content (AvgIpc) is 2.71. The van der Waals surface area contributed by atoms with Crippen molar-refractivity contribution in [2.24, 2.45) is 5.14 Å². The van der Waals surface area contributed by atoms with Gasteiger partial charge in [-0.15, -0.1) is 0 Å². The second-order valence-corrected chi connectivity index (χ2v) is 7.38. The predicted octanol–water partition coefficient (Wildman–Crippen LogP) is 0.224. The second kappa shape index (κ2) is 7.76. The van der Waals surface area contributed by atoms with E-state index in [0.717, 1.165) is 38.2 Å². The lowest BCUT2D eigenvalue weighted by Crippen LogP contribution is -2.42. The van der Waals surface area contributed by atoms with Crippen LogP contribution in [0, 0.1) is 0 Å². The van der Waals surface area contributed by atoms with Crippen molar-refractivity contribution < 1.29 is 13.2 Å². The molecule has 0 atom stereocenters. The fourth-order valence-electron chi connectivity index (χ4n) is 2.52. The molecule has 0 unspecified atom stereocenters. The fraction of sp³-hybridized carbons (Fsp3) is 0.533. The maximum atomic E-state index is 12.1. The van der Waals surface area contributed by atoms with E-state index < -0.39 is 10.0 Å². The molecule has 0 spiro atoms. The molecule has 1 aliphatic heterocycles. The zero-order valence-electron chi connectivity index (χ0n) is 13.4. The number of hydrogen-bond donors (Lipinski definition) is 2. The van der Waals surface area contributed by atoms with Crippen LogP contribution in [0.1, 0.15) is 12.0 Å². The number of benzene rings is 1. The number of hydrogen-bond acceptors (Lipinski definition) is 4. The number of nitrogens with two attached hydrogens (primary N) is 1. The zero-order valence-corrected chi connectivity index (χ0v) is 14.2. The zero-order chi connectivity index (χ0) is 16.9. The van der Waals surface area contributed by atoms with Gasteiger partial charge in [0, 0.05) is 26.2 Å². The minimum atomic E-state index is -3.66. The van der Waals surface area contributed by atoms with E-state index in [-0.39, 0.29) is 10.9 Å². The Balaban J connectivity index is 1.79. The predicted molar refractivity (Wildman–Crippen MR) is 88.6 cm³/mol. The molecule has 23 heavy (non-hydrogen) atoms. The number of rotatable bonds is 4. The molecule has 0 saturated carbocycles. The molecular weight excluding hydrogens is 316 g/mol. The van der Waals surface area contributed by atoms with Crippen molar-refractivity contribution in [2.45, 2.75) is 17.7 Å². The molecule has 3 N–H and O–H groups in total. The Labute approximate surface area is 137 Å². The number of likely N-dealkylation sites (N-methyl/N-ethyl adjacent to an activating group) is 1. The number of primary sulfonamides is 1. The van der Waals surface area contributed by atoms with E-state index in [2.05, 4.69) is 17.3 Å². The fourth-order valence-corrected chi connectivity index (χ4v) is 3.04. The van der Waals surface area contributed by atoms with Crippen molar-refractivity contribution in [1.82, 2.24) is 15.1 Å². The normalized spacial score (nSPS) is 16.9. The molecule has 0 bridgehead atoms. The van der Waals surface area contributed by atoms with Gasteiger partial charge in [0.15, 0.2) is 0 Å². The van der Waals surface area contributed by atoms with Crippen LogP contribution >= 0.6 is 0 Å². The highest BCUT2D eigenvalue weighted by molar-refractivity contribution is 7.89. The number of urea groups is 1. The van der Waals surface area contributed by atoms with Gasteiger partial charge < -0.3 is 15.1 Å². The summed E-state index contributed by atoms with van der Waals surface area (Å²) < 4.78 is 22.4. The van der Waals surface area contributed by atoms with Crippen molar-refractivity contribution in [3.05, 3.63) is 29.8 Å². The number of carbonyl (C=O) groups is 1. The van der Waals surface area contributed by atoms with Crippen LogP contribution < -0.4 is 10.5 Å². The molecule has 2 amide bonds. The van der Waals surface area contributed by atoms with Gasteiger partial charge in [-0.05, 0) is 44.1 Å². The number of carbonyl (C=O) groups excluding carboxylic acids is 1. The number of sulfonamides is 1. The Bertz CT molecular complexity index is 631. The Morgan fingerprint density at radius 2 is 1.87 bits per heavy atom. The molecular formula is C15H24N4O3S. The van der Waals surface area contributed by atoms with Crippen LogP contribution in [-0.2, 0) is 16.4 Å². The topological polar surface area (TPSA) is 95.7 Å². The van der Waals surface area contributed by atoms with Gasteiger partial charge in [0.05, 0.1) is 4.90 Å². The molecule has 2 rings (SSSR count). The second-order valence-electron chi connectivity index (χ2n) is 5.81. The van der Waals surface area contributed by atoms with Crippen molar-refractivity contribution in [1.29, 1.82) is 0 Å². The Morgan fingerprint density at radius 1 is 1.17 bits per heavy atom. The van der Waals surface area contributed by atoms with Crippen LogP contribution in [0.25, 0.3) is 0 Å². The summed E-state index contributed by atoms with van der Waals surface area (Å²) in [5.41, 5.74) is 0.952. The highest BCUT2D eigenvalue weighted by Gasteiger charge is 2.16. The van der Waals surface area contributed by atoms with Crippen LogP contribution in [0.2, 0.25) is 0 Å². The molecule has 1 heterocycles. The van der Waals surface area contributed by atoms with Gasteiger partial charge in [-0.3, -0.25) is 0 Å². The minimum Gasteiger partial charge on any atom is -0.338 e. The molecule has 1 aromatic carbocycles. The summed E-state index contributed by atoms with van der Waals surface area (Å²) in [4.78, 5) is 16.3. The number of nitrogens with one attached hydrogen (secondary N) is 1. The summed E-state index contributed by atoms with van der Waals surface area (Å²) in [6, 6.07) is 6.36. The summed E-state index contributed by atoms with van der Waals surface area (Å²) in [6.45, 7) is 3.94. The molecule has 1 aliphatic rings. The van der Waals surface area contributed by atoms with E-state index in [0.29, 0.717) is 13.0 Å². The van der Waals surface area contributed by atoms with Gasteiger partial charge in [0.1, 0.15) is 0 Å². The van der Waals surface area contributed by atoms with E-state index in [1.54, 1.807) is 12.1 Å². The Hall–Kier alpha value is -1.64. The molecule has 0 radical (unpaired) electrons. The van der Waals surface area contributed by atoms with Crippen LogP contribution in [-0.4, -0.2) is 64.0 Å². The van der Waals surface area contributed by atoms with Gasteiger partial charge >= 0.3 is 6.03 Å². The molecule has 1 fully saturated rings. The van der Waals surface area contributed by atoms with Gasteiger partial charge in [0.25, 0.3) is 0 Å². The first-order valence-electron chi connectivity index (χ1n) is 7.69. The highest BCUT2D eigenvalue weighted by Crippen LogP contribution is 2.09. The Kier molecular flexibility index (Phi) is 5.97. The smallest absolute Gasteiger partial charge is 0.317 e. The molecule has 1 aromatic rings. The first-order valence-corrected chi connectivity index (χ1v) is 9.24. The van der Waals surface area contributed by atoms with Crippen LogP contribution in [0.4, 0.5) is 4.79 Å². The third kappa shape index (κ3) is 5.49. The number of nitrogens with zero attached hydrogens (tertiary/aromatic N) is 2. The maximum absolute atomic E-state index is 12.1. The minimum absolute atomic E-state index is 0.0403. The average molecular weight is 340 g/mol. The molecule has 0 aliphatic carbocycles.